The van der Waals surface area contributed by atoms with Gasteiger partial charge >= 0.3 is 0 Å². The highest BCUT2D eigenvalue weighted by molar-refractivity contribution is 5.83. The minimum atomic E-state index is -0.430. The zero-order valence-corrected chi connectivity index (χ0v) is 14.8. The van der Waals surface area contributed by atoms with Crippen LogP contribution in [0.15, 0.2) is 36.7 Å². The molecule has 1 unspecified atom stereocenters. The lowest BCUT2D eigenvalue weighted by Crippen LogP contribution is -2.43. The normalized spacial score (nSPS) is 17.4. The zero-order valence-electron chi connectivity index (χ0n) is 14.8. The molecule has 0 spiro atoms. The Balaban J connectivity index is 1.73. The molecule has 3 rings (SSSR count). The van der Waals surface area contributed by atoms with Crippen LogP contribution in [0.5, 0.6) is 0 Å². The Kier molecular flexibility index (Phi) is 5.18. The van der Waals surface area contributed by atoms with Gasteiger partial charge in [0.25, 0.3) is 0 Å². The van der Waals surface area contributed by atoms with Crippen molar-refractivity contribution in [3.8, 4) is 0 Å². The second kappa shape index (κ2) is 7.35. The van der Waals surface area contributed by atoms with Crippen molar-refractivity contribution in [2.45, 2.75) is 37.1 Å². The van der Waals surface area contributed by atoms with E-state index >= 15 is 0 Å². The summed E-state index contributed by atoms with van der Waals surface area (Å²) < 4.78 is 15.0. The maximum absolute atomic E-state index is 13.3. The highest BCUT2D eigenvalue weighted by atomic mass is 19.1. The monoisotopic (exact) mass is 344 g/mol. The van der Waals surface area contributed by atoms with Gasteiger partial charge in [-0.1, -0.05) is 25.0 Å². The van der Waals surface area contributed by atoms with E-state index in [1.165, 1.54) is 12.1 Å². The van der Waals surface area contributed by atoms with E-state index in [1.807, 2.05) is 25.4 Å². The fourth-order valence-electron chi connectivity index (χ4n) is 3.82. The van der Waals surface area contributed by atoms with E-state index in [2.05, 4.69) is 15.7 Å². The molecular formula is C19H25FN4O. The van der Waals surface area contributed by atoms with Crippen LogP contribution >= 0.6 is 0 Å². The Labute approximate surface area is 147 Å². The molecule has 1 saturated carbocycles. The third-order valence-electron chi connectivity index (χ3n) is 5.23. The predicted octanol–water partition coefficient (Wildman–Crippen LogP) is 2.45. The number of carbonyl (C=O) groups is 1. The Hall–Kier alpha value is -2.21. The van der Waals surface area contributed by atoms with Crippen LogP contribution in [0.1, 0.15) is 42.9 Å². The standard InChI is InChI=1S/C19H25FN4O/c1-21-17(14-11-23-24(2)12-14)18(25)22-13-19(9-3-4-10-19)15-5-7-16(20)8-6-15/h5-8,11-12,17,21H,3-4,9-10,13H2,1-2H3,(H,22,25). The van der Waals surface area contributed by atoms with Crippen molar-refractivity contribution in [2.24, 2.45) is 7.05 Å². The van der Waals surface area contributed by atoms with Crippen molar-refractivity contribution in [1.82, 2.24) is 20.4 Å². The van der Waals surface area contributed by atoms with Crippen molar-refractivity contribution in [2.75, 3.05) is 13.6 Å². The van der Waals surface area contributed by atoms with Gasteiger partial charge in [0.15, 0.2) is 0 Å². The average molecular weight is 344 g/mol. The van der Waals surface area contributed by atoms with Crippen LogP contribution in [0.25, 0.3) is 0 Å². The molecule has 1 aromatic carbocycles. The molecule has 134 valence electrons. The Morgan fingerprint density at radius 1 is 1.32 bits per heavy atom. The minimum Gasteiger partial charge on any atom is -0.354 e. The van der Waals surface area contributed by atoms with Crippen LogP contribution in [0.3, 0.4) is 0 Å². The van der Waals surface area contributed by atoms with Gasteiger partial charge in [0.2, 0.25) is 5.91 Å². The first-order valence-corrected chi connectivity index (χ1v) is 8.74. The van der Waals surface area contributed by atoms with Crippen molar-refractivity contribution in [3.63, 3.8) is 0 Å². The van der Waals surface area contributed by atoms with Crippen LogP contribution in [0.4, 0.5) is 4.39 Å². The lowest BCUT2D eigenvalue weighted by Gasteiger charge is -2.30. The molecular weight excluding hydrogens is 319 g/mol. The van der Waals surface area contributed by atoms with Crippen LogP contribution in [-0.4, -0.2) is 29.3 Å². The molecule has 1 amide bonds. The Morgan fingerprint density at radius 3 is 2.56 bits per heavy atom. The van der Waals surface area contributed by atoms with Gasteiger partial charge in [-0.15, -0.1) is 0 Å². The summed E-state index contributed by atoms with van der Waals surface area (Å²) >= 11 is 0. The first-order valence-electron chi connectivity index (χ1n) is 8.74. The van der Waals surface area contributed by atoms with Crippen LogP contribution in [0, 0.1) is 5.82 Å². The second-order valence-corrected chi connectivity index (χ2v) is 6.88. The van der Waals surface area contributed by atoms with Gasteiger partial charge in [-0.25, -0.2) is 4.39 Å². The summed E-state index contributed by atoms with van der Waals surface area (Å²) in [5.41, 5.74) is 1.84. The largest absolute Gasteiger partial charge is 0.354 e. The number of nitrogens with zero attached hydrogens (tertiary/aromatic N) is 2. The van der Waals surface area contributed by atoms with E-state index < -0.39 is 6.04 Å². The number of hydrogen-bond donors (Lipinski definition) is 2. The molecule has 0 bridgehead atoms. The first-order chi connectivity index (χ1) is 12.0. The van der Waals surface area contributed by atoms with E-state index in [0.29, 0.717) is 6.54 Å². The molecule has 0 aliphatic heterocycles. The fraction of sp³-hybridized carbons (Fsp3) is 0.474. The zero-order chi connectivity index (χ0) is 17.9. The third-order valence-corrected chi connectivity index (χ3v) is 5.23. The summed E-state index contributed by atoms with van der Waals surface area (Å²) in [6, 6.07) is 6.28. The summed E-state index contributed by atoms with van der Waals surface area (Å²) in [5.74, 6) is -0.295. The minimum absolute atomic E-state index is 0.0658. The molecule has 1 fully saturated rings. The fourth-order valence-corrected chi connectivity index (χ4v) is 3.82. The first kappa shape index (κ1) is 17.6. The van der Waals surface area contributed by atoms with Gasteiger partial charge in [0, 0.05) is 30.8 Å². The van der Waals surface area contributed by atoms with Crippen molar-refractivity contribution in [3.05, 3.63) is 53.6 Å². The third kappa shape index (κ3) is 3.74. The molecule has 25 heavy (non-hydrogen) atoms. The van der Waals surface area contributed by atoms with Gasteiger partial charge in [-0.05, 0) is 37.6 Å². The number of amides is 1. The summed E-state index contributed by atoms with van der Waals surface area (Å²) in [4.78, 5) is 12.7. The number of carbonyl (C=O) groups excluding carboxylic acids is 1. The van der Waals surface area contributed by atoms with Gasteiger partial charge in [-0.3, -0.25) is 9.48 Å². The molecule has 5 nitrogen and oxygen atoms in total. The summed E-state index contributed by atoms with van der Waals surface area (Å²) in [5, 5.41) is 10.3. The number of likely N-dealkylation sites (N-methyl/N-ethyl adjacent to an activating group) is 1. The summed E-state index contributed by atoms with van der Waals surface area (Å²) in [6.45, 7) is 0.565. The van der Waals surface area contributed by atoms with Crippen molar-refractivity contribution in [1.29, 1.82) is 0 Å². The number of benzene rings is 1. The van der Waals surface area contributed by atoms with Gasteiger partial charge in [0.05, 0.1) is 6.20 Å². The molecule has 2 N–H and O–H groups in total. The molecule has 1 aliphatic rings. The number of aryl methyl sites for hydroxylation is 1. The molecule has 2 aromatic rings. The average Bonchev–Trinajstić information content (AvgIpc) is 3.25. The highest BCUT2D eigenvalue weighted by Crippen LogP contribution is 2.40. The number of hydrogen-bond acceptors (Lipinski definition) is 3. The quantitative estimate of drug-likeness (QED) is 0.846. The lowest BCUT2D eigenvalue weighted by molar-refractivity contribution is -0.123. The van der Waals surface area contributed by atoms with E-state index in [-0.39, 0.29) is 17.1 Å². The molecule has 6 heteroatoms. The molecule has 1 heterocycles. The van der Waals surface area contributed by atoms with Crippen LogP contribution < -0.4 is 10.6 Å². The van der Waals surface area contributed by atoms with Crippen LogP contribution in [0.2, 0.25) is 0 Å². The maximum atomic E-state index is 13.3. The number of nitrogens with one attached hydrogen (secondary N) is 2. The highest BCUT2D eigenvalue weighted by Gasteiger charge is 2.36. The second-order valence-electron chi connectivity index (χ2n) is 6.88. The smallest absolute Gasteiger partial charge is 0.241 e. The molecule has 1 aromatic heterocycles. The molecule has 0 saturated heterocycles. The van der Waals surface area contributed by atoms with Gasteiger partial charge < -0.3 is 10.6 Å². The summed E-state index contributed by atoms with van der Waals surface area (Å²) in [6.07, 6.45) is 7.82. The Bertz CT molecular complexity index is 719. The summed E-state index contributed by atoms with van der Waals surface area (Å²) in [7, 11) is 3.60. The van der Waals surface area contributed by atoms with Gasteiger partial charge in [0.1, 0.15) is 11.9 Å². The van der Waals surface area contributed by atoms with Gasteiger partial charge in [-0.2, -0.15) is 5.10 Å². The van der Waals surface area contributed by atoms with E-state index in [1.54, 1.807) is 17.9 Å². The Morgan fingerprint density at radius 2 is 2.00 bits per heavy atom. The topological polar surface area (TPSA) is 59.0 Å². The number of aromatic nitrogens is 2. The maximum Gasteiger partial charge on any atom is 0.241 e. The molecule has 0 radical (unpaired) electrons. The molecule has 1 aliphatic carbocycles. The van der Waals surface area contributed by atoms with Crippen molar-refractivity contribution < 1.29 is 9.18 Å². The van der Waals surface area contributed by atoms with Crippen LogP contribution in [-0.2, 0) is 17.3 Å². The lowest BCUT2D eigenvalue weighted by atomic mass is 9.78. The van der Waals surface area contributed by atoms with E-state index in [9.17, 15) is 9.18 Å². The number of rotatable bonds is 6. The van der Waals surface area contributed by atoms with E-state index in [0.717, 1.165) is 36.8 Å². The number of halogens is 1. The van der Waals surface area contributed by atoms with E-state index in [4.69, 9.17) is 0 Å². The SMILES string of the molecule is CNC(C(=O)NCC1(c2ccc(F)cc2)CCCC1)c1cnn(C)c1. The predicted molar refractivity (Wildman–Crippen MR) is 94.6 cm³/mol. The molecule has 1 atom stereocenters. The van der Waals surface area contributed by atoms with Crippen molar-refractivity contribution >= 4 is 5.91 Å².